The second-order valence-corrected chi connectivity index (χ2v) is 5.52. The molecule has 1 aromatic carbocycles. The van der Waals surface area contributed by atoms with Crippen molar-refractivity contribution in [1.29, 1.82) is 0 Å². The van der Waals surface area contributed by atoms with Gasteiger partial charge in [0.2, 0.25) is 0 Å². The van der Waals surface area contributed by atoms with E-state index in [2.05, 4.69) is 47.6 Å². The normalized spacial score (nSPS) is 13.0. The fourth-order valence-electron chi connectivity index (χ4n) is 1.90. The van der Waals surface area contributed by atoms with E-state index in [0.717, 1.165) is 18.9 Å². The lowest BCUT2D eigenvalue weighted by molar-refractivity contribution is 0.173. The van der Waals surface area contributed by atoms with Gasteiger partial charge in [-0.2, -0.15) is 0 Å². The molecule has 0 radical (unpaired) electrons. The fourth-order valence-corrected chi connectivity index (χ4v) is 2.73. The van der Waals surface area contributed by atoms with E-state index < -0.39 is 0 Å². The van der Waals surface area contributed by atoms with Crippen molar-refractivity contribution in [3.8, 4) is 0 Å². The Hall–Kier alpha value is -0.970. The van der Waals surface area contributed by atoms with Crippen molar-refractivity contribution in [2.45, 2.75) is 18.0 Å². The monoisotopic (exact) mass is 264 g/mol. The Morgan fingerprint density at radius 3 is 3.00 bits per heavy atom. The molecule has 4 heteroatoms. The molecule has 0 saturated heterocycles. The quantitative estimate of drug-likeness (QED) is 0.596. The van der Waals surface area contributed by atoms with Crippen LogP contribution in [0.5, 0.6) is 0 Å². The third kappa shape index (κ3) is 3.77. The van der Waals surface area contributed by atoms with Crippen LogP contribution in [0.4, 0.5) is 0 Å². The summed E-state index contributed by atoms with van der Waals surface area (Å²) in [6.45, 7) is 3.89. The van der Waals surface area contributed by atoms with E-state index in [1.165, 1.54) is 15.9 Å². The lowest BCUT2D eigenvalue weighted by atomic mass is 10.3. The van der Waals surface area contributed by atoms with Gasteiger partial charge in [-0.05, 0) is 19.1 Å². The minimum atomic E-state index is 0.415. The molecule has 1 atom stereocenters. The van der Waals surface area contributed by atoms with Crippen molar-refractivity contribution in [3.63, 3.8) is 0 Å². The number of methoxy groups -OCH3 is 1. The largest absolute Gasteiger partial charge is 0.383 e. The Balaban J connectivity index is 1.76. The van der Waals surface area contributed by atoms with Crippen molar-refractivity contribution >= 4 is 22.7 Å². The number of aromatic nitrogens is 1. The molecule has 3 nitrogen and oxygen atoms in total. The minimum absolute atomic E-state index is 0.415. The average molecular weight is 264 g/mol. The number of hydrogen-bond acceptors (Lipinski definition) is 3. The summed E-state index contributed by atoms with van der Waals surface area (Å²) in [4.78, 5) is 3.42. The molecule has 0 aliphatic heterocycles. The van der Waals surface area contributed by atoms with Gasteiger partial charge in [-0.3, -0.25) is 0 Å². The van der Waals surface area contributed by atoms with Crippen LogP contribution in [0.3, 0.4) is 0 Å². The third-order valence-electron chi connectivity index (χ3n) is 2.77. The highest BCUT2D eigenvalue weighted by atomic mass is 32.2. The molecule has 1 unspecified atom stereocenters. The van der Waals surface area contributed by atoms with Crippen LogP contribution in [0.25, 0.3) is 10.9 Å². The van der Waals surface area contributed by atoms with Gasteiger partial charge in [-0.1, -0.05) is 18.2 Å². The number of nitrogens with one attached hydrogen (secondary N) is 2. The number of ether oxygens (including phenoxy) is 1. The van der Waals surface area contributed by atoms with Crippen LogP contribution < -0.4 is 5.32 Å². The molecule has 0 bridgehead atoms. The Kier molecular flexibility index (Phi) is 5.11. The van der Waals surface area contributed by atoms with Gasteiger partial charge in [0, 0.05) is 36.4 Å². The van der Waals surface area contributed by atoms with Gasteiger partial charge in [-0.25, -0.2) is 0 Å². The maximum absolute atomic E-state index is 5.08. The summed E-state index contributed by atoms with van der Waals surface area (Å²) in [5, 5.41) is 5.94. The first-order valence-electron chi connectivity index (χ1n) is 6.22. The average Bonchev–Trinajstić information content (AvgIpc) is 2.77. The Bertz CT molecular complexity index is 450. The van der Waals surface area contributed by atoms with Gasteiger partial charge in [0.05, 0.1) is 11.6 Å². The molecule has 1 heterocycles. The first-order valence-corrected chi connectivity index (χ1v) is 7.21. The van der Waals surface area contributed by atoms with E-state index in [9.17, 15) is 0 Å². The van der Waals surface area contributed by atoms with Gasteiger partial charge >= 0.3 is 0 Å². The lowest BCUT2D eigenvalue weighted by Crippen LogP contribution is -2.31. The summed E-state index contributed by atoms with van der Waals surface area (Å²) >= 11 is 1.85. The Morgan fingerprint density at radius 2 is 2.22 bits per heavy atom. The second kappa shape index (κ2) is 6.83. The first kappa shape index (κ1) is 13.5. The highest BCUT2D eigenvalue weighted by Crippen LogP contribution is 2.22. The molecule has 0 spiro atoms. The van der Waals surface area contributed by atoms with Crippen molar-refractivity contribution in [2.24, 2.45) is 0 Å². The predicted molar refractivity (Wildman–Crippen MR) is 78.4 cm³/mol. The lowest BCUT2D eigenvalue weighted by Gasteiger charge is -2.11. The van der Waals surface area contributed by atoms with Gasteiger partial charge in [0.15, 0.2) is 0 Å². The molecule has 18 heavy (non-hydrogen) atoms. The zero-order valence-corrected chi connectivity index (χ0v) is 11.7. The maximum atomic E-state index is 5.08. The zero-order chi connectivity index (χ0) is 12.8. The molecule has 2 N–H and O–H groups in total. The van der Waals surface area contributed by atoms with E-state index in [1.807, 2.05) is 11.8 Å². The number of thioether (sulfide) groups is 1. The molecule has 2 aromatic rings. The molecule has 0 aliphatic rings. The van der Waals surface area contributed by atoms with Crippen LogP contribution in [0.2, 0.25) is 0 Å². The topological polar surface area (TPSA) is 37.0 Å². The summed E-state index contributed by atoms with van der Waals surface area (Å²) in [6.07, 6.45) is 0. The minimum Gasteiger partial charge on any atom is -0.383 e. The first-order chi connectivity index (χ1) is 8.79. The van der Waals surface area contributed by atoms with Gasteiger partial charge in [-0.15, -0.1) is 11.8 Å². The van der Waals surface area contributed by atoms with E-state index in [-0.39, 0.29) is 0 Å². The molecule has 0 fully saturated rings. The summed E-state index contributed by atoms with van der Waals surface area (Å²) < 4.78 is 5.08. The number of aromatic amines is 1. The molecule has 1 aromatic heterocycles. The van der Waals surface area contributed by atoms with Crippen LogP contribution >= 0.6 is 11.8 Å². The van der Waals surface area contributed by atoms with Crippen molar-refractivity contribution in [1.82, 2.24) is 10.3 Å². The molecule has 2 rings (SSSR count). The molecule has 98 valence electrons. The Labute approximate surface area is 112 Å². The molecule has 0 amide bonds. The highest BCUT2D eigenvalue weighted by Gasteiger charge is 2.02. The summed E-state index contributed by atoms with van der Waals surface area (Å²) in [5.41, 5.74) is 1.21. The number of benzene rings is 1. The summed E-state index contributed by atoms with van der Waals surface area (Å²) in [6, 6.07) is 11.0. The van der Waals surface area contributed by atoms with Crippen molar-refractivity contribution in [3.05, 3.63) is 30.3 Å². The maximum Gasteiger partial charge on any atom is 0.0732 e. The Morgan fingerprint density at radius 1 is 1.39 bits per heavy atom. The summed E-state index contributed by atoms with van der Waals surface area (Å²) in [7, 11) is 1.73. The van der Waals surface area contributed by atoms with Crippen molar-refractivity contribution < 1.29 is 4.74 Å². The van der Waals surface area contributed by atoms with Crippen LogP contribution in [0.15, 0.2) is 35.4 Å². The molecular formula is C14H20N2OS. The standard InChI is InChI=1S/C14H20N2OS/c1-11(10-17-2)15-7-8-18-14-9-12-5-3-4-6-13(12)16-14/h3-6,9,11,15-16H,7-8,10H2,1-2H3. The van der Waals surface area contributed by atoms with Gasteiger partial charge in [0.1, 0.15) is 0 Å². The molecule has 0 aliphatic carbocycles. The SMILES string of the molecule is COCC(C)NCCSc1cc2ccccc2[nH]1. The smallest absolute Gasteiger partial charge is 0.0732 e. The fraction of sp³-hybridized carbons (Fsp3) is 0.429. The van der Waals surface area contributed by atoms with E-state index in [0.29, 0.717) is 6.04 Å². The number of para-hydroxylation sites is 1. The van der Waals surface area contributed by atoms with Gasteiger partial charge < -0.3 is 15.0 Å². The number of hydrogen-bond donors (Lipinski definition) is 2. The second-order valence-electron chi connectivity index (χ2n) is 4.38. The summed E-state index contributed by atoms with van der Waals surface area (Å²) in [5.74, 6) is 1.06. The van der Waals surface area contributed by atoms with E-state index in [1.54, 1.807) is 7.11 Å². The third-order valence-corrected chi connectivity index (χ3v) is 3.71. The van der Waals surface area contributed by atoms with Crippen LogP contribution in [0, 0.1) is 0 Å². The van der Waals surface area contributed by atoms with Crippen LogP contribution in [-0.2, 0) is 4.74 Å². The molecular weight excluding hydrogens is 244 g/mol. The predicted octanol–water partition coefficient (Wildman–Crippen LogP) is 2.88. The van der Waals surface area contributed by atoms with Crippen LogP contribution in [-0.4, -0.2) is 37.0 Å². The number of rotatable bonds is 7. The molecule has 0 saturated carbocycles. The highest BCUT2D eigenvalue weighted by molar-refractivity contribution is 7.99. The number of fused-ring (bicyclic) bond motifs is 1. The van der Waals surface area contributed by atoms with Crippen LogP contribution in [0.1, 0.15) is 6.92 Å². The number of H-pyrrole nitrogens is 1. The zero-order valence-electron chi connectivity index (χ0n) is 10.9. The van der Waals surface area contributed by atoms with E-state index in [4.69, 9.17) is 4.74 Å². The van der Waals surface area contributed by atoms with Crippen molar-refractivity contribution in [2.75, 3.05) is 26.0 Å². The van der Waals surface area contributed by atoms with Gasteiger partial charge in [0.25, 0.3) is 0 Å². The van der Waals surface area contributed by atoms with E-state index >= 15 is 0 Å².